The Morgan fingerprint density at radius 1 is 1.31 bits per heavy atom. The van der Waals surface area contributed by atoms with Crippen molar-refractivity contribution in [3.8, 4) is 5.75 Å². The van der Waals surface area contributed by atoms with Crippen molar-refractivity contribution in [2.24, 2.45) is 11.8 Å². The molecule has 2 fully saturated rings. The van der Waals surface area contributed by atoms with Crippen LogP contribution < -0.4 is 4.74 Å². The van der Waals surface area contributed by atoms with Crippen molar-refractivity contribution in [3.05, 3.63) is 29.3 Å². The average molecular weight is 403 g/mol. The van der Waals surface area contributed by atoms with Gasteiger partial charge in [0.05, 0.1) is 12.2 Å². The molecule has 4 atom stereocenters. The molecule has 1 aromatic rings. The first-order valence-corrected chi connectivity index (χ1v) is 10.3. The normalized spacial score (nSPS) is 29.8. The van der Waals surface area contributed by atoms with Crippen molar-refractivity contribution in [3.63, 3.8) is 0 Å². The van der Waals surface area contributed by atoms with Crippen LogP contribution in [0.1, 0.15) is 43.9 Å². The molecule has 0 saturated carbocycles. The number of carbonyl (C=O) groups excluding carboxylic acids is 1. The lowest BCUT2D eigenvalue weighted by atomic mass is 9.70. The Morgan fingerprint density at radius 3 is 2.86 bits per heavy atom. The van der Waals surface area contributed by atoms with Crippen molar-refractivity contribution in [1.29, 1.82) is 0 Å². The smallest absolute Gasteiger partial charge is 0.329 e. The number of hydrogen-bond acceptors (Lipinski definition) is 5. The van der Waals surface area contributed by atoms with Crippen LogP contribution in [0.3, 0.4) is 0 Å². The van der Waals surface area contributed by atoms with E-state index in [-0.39, 0.29) is 42.2 Å². The largest absolute Gasteiger partial charge is 0.487 e. The number of amides is 1. The molecule has 0 unspecified atom stereocenters. The summed E-state index contributed by atoms with van der Waals surface area (Å²) in [6.45, 7) is 6.86. The van der Waals surface area contributed by atoms with Gasteiger partial charge >= 0.3 is 5.97 Å². The molecule has 3 aliphatic rings. The van der Waals surface area contributed by atoms with Crippen LogP contribution in [-0.4, -0.2) is 59.9 Å². The minimum Gasteiger partial charge on any atom is -0.487 e. The van der Waals surface area contributed by atoms with Crippen molar-refractivity contribution < 1.29 is 28.9 Å². The summed E-state index contributed by atoms with van der Waals surface area (Å²) in [6.07, 6.45) is 1.83. The van der Waals surface area contributed by atoms with E-state index in [0.29, 0.717) is 13.1 Å². The van der Waals surface area contributed by atoms with Crippen LogP contribution in [0.2, 0.25) is 0 Å². The maximum absolute atomic E-state index is 12.4. The van der Waals surface area contributed by atoms with Crippen LogP contribution >= 0.6 is 0 Å². The molecule has 3 aliphatic heterocycles. The Kier molecular flexibility index (Phi) is 5.29. The van der Waals surface area contributed by atoms with Gasteiger partial charge in [-0.25, -0.2) is 4.79 Å². The molecule has 0 spiro atoms. The standard InChI is InChI=1S/C22H29NO6/c1-13-4-5-15-18(8-13)29-22(2,3)16-9-14-10-23(7-6-17(14)28-21(15)16)19(24)11-27-12-20(25)26/h4-5,8,14,16-17,21H,6-7,9-12H2,1-3H3,(H,25,26)/t14-,16+,17+,21-/m1/s1. The first-order chi connectivity index (χ1) is 13.7. The van der Waals surface area contributed by atoms with Gasteiger partial charge in [0.1, 0.15) is 24.6 Å². The monoisotopic (exact) mass is 403 g/mol. The van der Waals surface area contributed by atoms with Crippen LogP contribution in [-0.2, 0) is 19.1 Å². The summed E-state index contributed by atoms with van der Waals surface area (Å²) in [6, 6.07) is 6.31. The number of hydrogen-bond donors (Lipinski definition) is 1. The summed E-state index contributed by atoms with van der Waals surface area (Å²) in [5.41, 5.74) is 1.94. The first-order valence-electron chi connectivity index (χ1n) is 10.3. The number of piperidine rings is 1. The van der Waals surface area contributed by atoms with Crippen LogP contribution in [0.25, 0.3) is 0 Å². The second kappa shape index (κ2) is 7.61. The number of ether oxygens (including phenoxy) is 3. The van der Waals surface area contributed by atoms with E-state index in [2.05, 4.69) is 39.0 Å². The second-order valence-electron chi connectivity index (χ2n) is 8.96. The summed E-state index contributed by atoms with van der Waals surface area (Å²) >= 11 is 0. The Labute approximate surface area is 170 Å². The number of fused-ring (bicyclic) bond motifs is 4. The number of carbonyl (C=O) groups is 2. The van der Waals surface area contributed by atoms with Gasteiger partial charge in [-0.15, -0.1) is 0 Å². The van der Waals surface area contributed by atoms with Crippen molar-refractivity contribution >= 4 is 11.9 Å². The third-order valence-corrected chi connectivity index (χ3v) is 6.45. The zero-order valence-corrected chi connectivity index (χ0v) is 17.2. The topological polar surface area (TPSA) is 85.3 Å². The van der Waals surface area contributed by atoms with E-state index in [0.717, 1.165) is 24.2 Å². The van der Waals surface area contributed by atoms with Gasteiger partial charge in [0, 0.05) is 30.5 Å². The molecule has 0 aromatic heterocycles. The van der Waals surface area contributed by atoms with Gasteiger partial charge in [0.15, 0.2) is 0 Å². The Balaban J connectivity index is 1.46. The number of aliphatic carboxylic acids is 1. The number of likely N-dealkylation sites (tertiary alicyclic amines) is 1. The quantitative estimate of drug-likeness (QED) is 0.832. The molecule has 0 radical (unpaired) electrons. The van der Waals surface area contributed by atoms with Crippen LogP contribution in [0.4, 0.5) is 0 Å². The molecule has 7 nitrogen and oxygen atoms in total. The van der Waals surface area contributed by atoms with Crippen molar-refractivity contribution in [2.45, 2.75) is 51.4 Å². The number of nitrogens with zero attached hydrogens (tertiary/aromatic N) is 1. The number of carboxylic acids is 1. The van der Waals surface area contributed by atoms with Gasteiger partial charge in [-0.3, -0.25) is 4.79 Å². The molecule has 29 heavy (non-hydrogen) atoms. The Bertz CT molecular complexity index is 806. The zero-order valence-electron chi connectivity index (χ0n) is 17.2. The molecule has 0 bridgehead atoms. The van der Waals surface area contributed by atoms with Gasteiger partial charge in [0.2, 0.25) is 5.91 Å². The average Bonchev–Trinajstić information content (AvgIpc) is 2.65. The van der Waals surface area contributed by atoms with Crippen molar-refractivity contribution in [1.82, 2.24) is 4.90 Å². The number of aryl methyl sites for hydroxylation is 1. The fourth-order valence-electron chi connectivity index (χ4n) is 4.96. The van der Waals surface area contributed by atoms with Gasteiger partial charge in [-0.05, 0) is 45.2 Å². The van der Waals surface area contributed by atoms with Gasteiger partial charge in [-0.1, -0.05) is 12.1 Å². The molecule has 7 heteroatoms. The molecule has 1 aromatic carbocycles. The minimum absolute atomic E-state index is 0.0109. The Morgan fingerprint density at radius 2 is 2.10 bits per heavy atom. The molecule has 1 amide bonds. The fourth-order valence-corrected chi connectivity index (χ4v) is 4.96. The van der Waals surface area contributed by atoms with E-state index < -0.39 is 12.6 Å². The first kappa shape index (κ1) is 20.2. The summed E-state index contributed by atoms with van der Waals surface area (Å²) in [4.78, 5) is 24.7. The highest BCUT2D eigenvalue weighted by Gasteiger charge is 2.51. The highest BCUT2D eigenvalue weighted by molar-refractivity contribution is 5.78. The van der Waals surface area contributed by atoms with Crippen molar-refractivity contribution in [2.75, 3.05) is 26.3 Å². The van der Waals surface area contributed by atoms with Crippen LogP contribution in [0, 0.1) is 18.8 Å². The number of rotatable bonds is 4. The molecular weight excluding hydrogens is 374 g/mol. The highest BCUT2D eigenvalue weighted by Crippen LogP contribution is 2.53. The van der Waals surface area contributed by atoms with E-state index >= 15 is 0 Å². The molecular formula is C22H29NO6. The molecule has 0 aliphatic carbocycles. The highest BCUT2D eigenvalue weighted by atomic mass is 16.5. The van der Waals surface area contributed by atoms with Crippen LogP contribution in [0.15, 0.2) is 18.2 Å². The summed E-state index contributed by atoms with van der Waals surface area (Å²) < 4.78 is 17.9. The van der Waals surface area contributed by atoms with E-state index in [1.165, 1.54) is 5.56 Å². The lowest BCUT2D eigenvalue weighted by Gasteiger charge is -2.53. The zero-order chi connectivity index (χ0) is 20.8. The predicted octanol–water partition coefficient (Wildman–Crippen LogP) is 2.56. The molecule has 1 N–H and O–H groups in total. The fraction of sp³-hybridized carbons (Fsp3) is 0.636. The third-order valence-electron chi connectivity index (χ3n) is 6.45. The summed E-state index contributed by atoms with van der Waals surface area (Å²) in [7, 11) is 0. The number of benzene rings is 1. The molecule has 3 heterocycles. The van der Waals surface area contributed by atoms with E-state index in [1.807, 2.05) is 0 Å². The van der Waals surface area contributed by atoms with E-state index in [9.17, 15) is 9.59 Å². The number of carboxylic acid groups (broad SMARTS) is 1. The van der Waals surface area contributed by atoms with E-state index in [1.54, 1.807) is 4.90 Å². The van der Waals surface area contributed by atoms with Crippen LogP contribution in [0.5, 0.6) is 5.75 Å². The van der Waals surface area contributed by atoms with E-state index in [4.69, 9.17) is 19.3 Å². The SMILES string of the molecule is Cc1ccc2c(c1)OC(C)(C)[C@H]1C[C@@H]3CN(C(=O)COCC(=O)O)CC[C@@H]3O[C@H]21. The van der Waals surface area contributed by atoms with Gasteiger partial charge in [-0.2, -0.15) is 0 Å². The minimum atomic E-state index is -1.07. The van der Waals surface area contributed by atoms with Gasteiger partial charge in [0.25, 0.3) is 0 Å². The summed E-state index contributed by atoms with van der Waals surface area (Å²) in [5.74, 6) is 0.128. The Hall–Kier alpha value is -2.12. The predicted molar refractivity (Wildman–Crippen MR) is 105 cm³/mol. The lowest BCUT2D eigenvalue weighted by Crippen LogP contribution is -2.56. The molecule has 158 valence electrons. The maximum Gasteiger partial charge on any atom is 0.329 e. The molecule has 2 saturated heterocycles. The summed E-state index contributed by atoms with van der Waals surface area (Å²) in [5, 5.41) is 8.66. The van der Waals surface area contributed by atoms with Gasteiger partial charge < -0.3 is 24.2 Å². The molecule has 4 rings (SSSR count). The second-order valence-corrected chi connectivity index (χ2v) is 8.96. The third kappa shape index (κ3) is 3.98. The maximum atomic E-state index is 12.4. The lowest BCUT2D eigenvalue weighted by molar-refractivity contribution is -0.189.